The smallest absolute Gasteiger partial charge is 0.323 e. The lowest BCUT2D eigenvalue weighted by atomic mass is 9.98. The molecule has 4 aromatic rings. The quantitative estimate of drug-likeness (QED) is 0.298. The summed E-state index contributed by atoms with van der Waals surface area (Å²) in [5.74, 6) is -1.50. The molecule has 0 atom stereocenters. The Kier molecular flexibility index (Phi) is 6.28. The number of nitriles is 1. The van der Waals surface area contributed by atoms with Crippen molar-refractivity contribution in [1.29, 1.82) is 5.26 Å². The lowest BCUT2D eigenvalue weighted by molar-refractivity contribution is -0.137. The fourth-order valence-corrected chi connectivity index (χ4v) is 4.03. The SMILES string of the molecule is Cc1cc(-c2ccccc2C)ccc1NC(=O)C(C#N)=Cc1cn(CC(=O)O)c2ccccc12. The first-order chi connectivity index (χ1) is 16.4. The minimum atomic E-state index is -0.973. The van der Waals surface area contributed by atoms with Gasteiger partial charge in [0.2, 0.25) is 0 Å². The molecule has 0 unspecified atom stereocenters. The van der Waals surface area contributed by atoms with Gasteiger partial charge in [0.1, 0.15) is 18.2 Å². The molecule has 0 radical (unpaired) electrons. The Morgan fingerprint density at radius 2 is 1.76 bits per heavy atom. The van der Waals surface area contributed by atoms with Gasteiger partial charge in [-0.1, -0.05) is 48.5 Å². The standard InChI is InChI=1S/C28H23N3O3/c1-18-7-3-4-8-23(18)20-11-12-25(19(2)13-20)30-28(34)21(15-29)14-22-16-31(17-27(32)33)26-10-6-5-9-24(22)26/h3-14,16H,17H2,1-2H3,(H,30,34)(H,32,33). The van der Waals surface area contributed by atoms with Gasteiger partial charge in [-0.15, -0.1) is 0 Å². The topological polar surface area (TPSA) is 95.1 Å². The van der Waals surface area contributed by atoms with E-state index in [-0.39, 0.29) is 12.1 Å². The second kappa shape index (κ2) is 9.47. The molecule has 0 aliphatic heterocycles. The van der Waals surface area contributed by atoms with Crippen molar-refractivity contribution >= 4 is 34.5 Å². The van der Waals surface area contributed by atoms with Gasteiger partial charge in [0, 0.05) is 28.4 Å². The predicted molar refractivity (Wildman–Crippen MR) is 133 cm³/mol. The summed E-state index contributed by atoms with van der Waals surface area (Å²) in [6.45, 7) is 3.75. The van der Waals surface area contributed by atoms with Crippen molar-refractivity contribution < 1.29 is 14.7 Å². The summed E-state index contributed by atoms with van der Waals surface area (Å²) in [4.78, 5) is 24.2. The van der Waals surface area contributed by atoms with Gasteiger partial charge in [0.15, 0.2) is 0 Å². The van der Waals surface area contributed by atoms with Crippen molar-refractivity contribution in [1.82, 2.24) is 4.57 Å². The first-order valence-corrected chi connectivity index (χ1v) is 10.8. The van der Waals surface area contributed by atoms with E-state index in [4.69, 9.17) is 0 Å². The number of aliphatic carboxylic acids is 1. The Bertz CT molecular complexity index is 1490. The zero-order chi connectivity index (χ0) is 24.2. The second-order valence-electron chi connectivity index (χ2n) is 8.09. The fraction of sp³-hybridized carbons (Fsp3) is 0.107. The highest BCUT2D eigenvalue weighted by molar-refractivity contribution is 6.11. The third kappa shape index (κ3) is 4.59. The number of carboxylic acid groups (broad SMARTS) is 1. The number of carbonyl (C=O) groups is 2. The van der Waals surface area contributed by atoms with Crippen molar-refractivity contribution in [3.05, 3.63) is 95.2 Å². The fourth-order valence-electron chi connectivity index (χ4n) is 4.03. The monoisotopic (exact) mass is 449 g/mol. The number of rotatable bonds is 6. The molecule has 0 aliphatic carbocycles. The number of nitrogens with one attached hydrogen (secondary N) is 1. The summed E-state index contributed by atoms with van der Waals surface area (Å²) in [5.41, 5.74) is 6.10. The lowest BCUT2D eigenvalue weighted by Crippen LogP contribution is -2.14. The summed E-state index contributed by atoms with van der Waals surface area (Å²) in [5, 5.41) is 22.5. The minimum absolute atomic E-state index is 0.0689. The molecule has 3 aromatic carbocycles. The van der Waals surface area contributed by atoms with Crippen molar-refractivity contribution in [3.63, 3.8) is 0 Å². The lowest BCUT2D eigenvalue weighted by Gasteiger charge is -2.11. The minimum Gasteiger partial charge on any atom is -0.480 e. The molecule has 0 aliphatic rings. The summed E-state index contributed by atoms with van der Waals surface area (Å²) in [6, 6.07) is 23.1. The number of benzene rings is 3. The molecule has 6 nitrogen and oxygen atoms in total. The Morgan fingerprint density at radius 3 is 2.47 bits per heavy atom. The van der Waals surface area contributed by atoms with Gasteiger partial charge in [-0.25, -0.2) is 0 Å². The molecule has 0 bridgehead atoms. The van der Waals surface area contributed by atoms with Crippen molar-refractivity contribution in [2.45, 2.75) is 20.4 Å². The van der Waals surface area contributed by atoms with Crippen molar-refractivity contribution in [2.75, 3.05) is 5.32 Å². The largest absolute Gasteiger partial charge is 0.480 e. The van der Waals surface area contributed by atoms with E-state index in [0.29, 0.717) is 11.3 Å². The molecule has 4 rings (SSSR count). The molecule has 6 heteroatoms. The van der Waals surface area contributed by atoms with Crippen LogP contribution in [-0.2, 0) is 16.1 Å². The van der Waals surface area contributed by atoms with Crippen LogP contribution in [0.5, 0.6) is 0 Å². The number of anilines is 1. The van der Waals surface area contributed by atoms with Crippen LogP contribution in [-0.4, -0.2) is 21.6 Å². The maximum absolute atomic E-state index is 12.9. The molecule has 0 saturated carbocycles. The Hall–Kier alpha value is -4.63. The van der Waals surface area contributed by atoms with E-state index in [0.717, 1.165) is 33.2 Å². The number of hydrogen-bond acceptors (Lipinski definition) is 3. The number of hydrogen-bond donors (Lipinski definition) is 2. The van der Waals surface area contributed by atoms with Crippen LogP contribution in [0.4, 0.5) is 5.69 Å². The molecule has 1 amide bonds. The summed E-state index contributed by atoms with van der Waals surface area (Å²) in [7, 11) is 0. The maximum Gasteiger partial charge on any atom is 0.323 e. The number of aromatic nitrogens is 1. The van der Waals surface area contributed by atoms with Crippen molar-refractivity contribution in [2.24, 2.45) is 0 Å². The van der Waals surface area contributed by atoms with Crippen molar-refractivity contribution in [3.8, 4) is 17.2 Å². The summed E-state index contributed by atoms with van der Waals surface area (Å²) >= 11 is 0. The highest BCUT2D eigenvalue weighted by Gasteiger charge is 2.15. The molecular weight excluding hydrogens is 426 g/mol. The Morgan fingerprint density at radius 1 is 1.03 bits per heavy atom. The third-order valence-corrected chi connectivity index (χ3v) is 5.72. The number of aryl methyl sites for hydroxylation is 2. The van der Waals surface area contributed by atoms with Crippen LogP contribution < -0.4 is 5.32 Å². The molecule has 1 heterocycles. The van der Waals surface area contributed by atoms with Crippen LogP contribution in [0.2, 0.25) is 0 Å². The molecule has 34 heavy (non-hydrogen) atoms. The van der Waals surface area contributed by atoms with Gasteiger partial charge in [-0.3, -0.25) is 9.59 Å². The maximum atomic E-state index is 12.9. The molecule has 0 spiro atoms. The van der Waals surface area contributed by atoms with Crippen LogP contribution in [0.3, 0.4) is 0 Å². The van der Waals surface area contributed by atoms with E-state index < -0.39 is 11.9 Å². The van der Waals surface area contributed by atoms with Gasteiger partial charge in [0.25, 0.3) is 5.91 Å². The average Bonchev–Trinajstić information content (AvgIpc) is 3.15. The highest BCUT2D eigenvalue weighted by atomic mass is 16.4. The van der Waals surface area contributed by atoms with Crippen LogP contribution in [0.15, 0.2) is 78.5 Å². The van der Waals surface area contributed by atoms with E-state index in [1.807, 2.05) is 61.5 Å². The van der Waals surface area contributed by atoms with E-state index >= 15 is 0 Å². The van der Waals surface area contributed by atoms with E-state index in [9.17, 15) is 20.0 Å². The first kappa shape index (κ1) is 22.6. The number of fused-ring (bicyclic) bond motifs is 1. The number of amides is 1. The van der Waals surface area contributed by atoms with Gasteiger partial charge >= 0.3 is 5.97 Å². The number of carboxylic acids is 1. The zero-order valence-corrected chi connectivity index (χ0v) is 18.9. The molecule has 0 fully saturated rings. The second-order valence-corrected chi connectivity index (χ2v) is 8.09. The molecule has 168 valence electrons. The molecule has 0 saturated heterocycles. The highest BCUT2D eigenvalue weighted by Crippen LogP contribution is 2.28. The van der Waals surface area contributed by atoms with Crippen LogP contribution in [0.25, 0.3) is 28.1 Å². The van der Waals surface area contributed by atoms with Crippen LogP contribution >= 0.6 is 0 Å². The Labute approximate surface area is 197 Å². The van der Waals surface area contributed by atoms with Gasteiger partial charge in [0.05, 0.1) is 0 Å². The zero-order valence-electron chi connectivity index (χ0n) is 18.9. The average molecular weight is 450 g/mol. The van der Waals surface area contributed by atoms with Gasteiger partial charge < -0.3 is 15.0 Å². The molecule has 2 N–H and O–H groups in total. The van der Waals surface area contributed by atoms with Crippen LogP contribution in [0.1, 0.15) is 16.7 Å². The van der Waals surface area contributed by atoms with Gasteiger partial charge in [-0.05, 0) is 60.4 Å². The molecular formula is C28H23N3O3. The van der Waals surface area contributed by atoms with Gasteiger partial charge in [-0.2, -0.15) is 5.26 Å². The number of para-hydroxylation sites is 1. The van der Waals surface area contributed by atoms with Crippen LogP contribution in [0, 0.1) is 25.2 Å². The molecule has 1 aromatic heterocycles. The third-order valence-electron chi connectivity index (χ3n) is 5.72. The number of nitrogens with zero attached hydrogens (tertiary/aromatic N) is 2. The van der Waals surface area contributed by atoms with E-state index in [1.54, 1.807) is 16.8 Å². The normalized spacial score (nSPS) is 11.3. The van der Waals surface area contributed by atoms with E-state index in [1.165, 1.54) is 6.08 Å². The predicted octanol–water partition coefficient (Wildman–Crippen LogP) is 5.56. The van der Waals surface area contributed by atoms with E-state index in [2.05, 4.69) is 24.4 Å². The Balaban J connectivity index is 1.63. The first-order valence-electron chi connectivity index (χ1n) is 10.8. The summed E-state index contributed by atoms with van der Waals surface area (Å²) in [6.07, 6.45) is 3.14. The number of carbonyl (C=O) groups excluding carboxylic acids is 1. The summed E-state index contributed by atoms with van der Waals surface area (Å²) < 4.78 is 1.59.